The van der Waals surface area contributed by atoms with E-state index in [2.05, 4.69) is 0 Å². The molecule has 0 spiro atoms. The van der Waals surface area contributed by atoms with E-state index in [0.29, 0.717) is 0 Å². The van der Waals surface area contributed by atoms with Crippen LogP contribution in [0.5, 0.6) is 5.75 Å². The maximum atomic E-state index is 11.4. The summed E-state index contributed by atoms with van der Waals surface area (Å²) >= 11 is 11.6. The number of non-ortho nitro benzene ring substituents is 1. The maximum Gasteiger partial charge on any atom is 0.272 e. The lowest BCUT2D eigenvalue weighted by molar-refractivity contribution is -0.384. The monoisotopic (exact) mass is 291 g/mol. The highest BCUT2D eigenvalue weighted by atomic mass is 35.5. The molecule has 0 bridgehead atoms. The topological polar surface area (TPSA) is 69.4 Å². The number of halogens is 2. The largest absolute Gasteiger partial charge is 0.483 e. The quantitative estimate of drug-likeness (QED) is 0.615. The molecule has 1 rings (SSSR count). The van der Waals surface area contributed by atoms with Gasteiger partial charge in [-0.05, 0) is 0 Å². The van der Waals surface area contributed by atoms with E-state index in [9.17, 15) is 14.9 Å². The van der Waals surface area contributed by atoms with Gasteiger partial charge in [0.05, 0.1) is 15.0 Å². The molecule has 0 atom stereocenters. The summed E-state index contributed by atoms with van der Waals surface area (Å²) in [5, 5.41) is 10.6. The predicted octanol–water partition coefficient (Wildman–Crippen LogP) is 3.51. The molecule has 98 valence electrons. The number of carbonyl (C=O) groups excluding carboxylic acids is 1. The van der Waals surface area contributed by atoms with Gasteiger partial charge in [0, 0.05) is 18.1 Å². The van der Waals surface area contributed by atoms with Crippen LogP contribution in [0.25, 0.3) is 0 Å². The van der Waals surface area contributed by atoms with E-state index in [1.807, 2.05) is 0 Å². The van der Waals surface area contributed by atoms with Gasteiger partial charge in [-0.25, -0.2) is 0 Å². The number of benzene rings is 1. The van der Waals surface area contributed by atoms with Crippen molar-refractivity contribution in [2.24, 2.45) is 5.92 Å². The number of ketones is 1. The molecule has 1 aromatic carbocycles. The first-order valence-corrected chi connectivity index (χ1v) is 5.87. The molecule has 0 fully saturated rings. The highest BCUT2D eigenvalue weighted by molar-refractivity contribution is 6.37. The molecule has 0 amide bonds. The molecule has 0 aromatic heterocycles. The number of ether oxygens (including phenoxy) is 1. The van der Waals surface area contributed by atoms with E-state index in [1.54, 1.807) is 13.8 Å². The van der Waals surface area contributed by atoms with Crippen molar-refractivity contribution in [2.45, 2.75) is 13.8 Å². The molecule has 0 heterocycles. The van der Waals surface area contributed by atoms with Gasteiger partial charge in [0.1, 0.15) is 6.61 Å². The second-order valence-electron chi connectivity index (χ2n) is 3.91. The van der Waals surface area contributed by atoms with E-state index in [1.165, 1.54) is 0 Å². The summed E-state index contributed by atoms with van der Waals surface area (Å²) in [6, 6.07) is 2.26. The first-order valence-electron chi connectivity index (χ1n) is 5.12. The van der Waals surface area contributed by atoms with Gasteiger partial charge >= 0.3 is 0 Å². The normalized spacial score (nSPS) is 10.5. The van der Waals surface area contributed by atoms with Gasteiger partial charge in [0.2, 0.25) is 0 Å². The highest BCUT2D eigenvalue weighted by Gasteiger charge is 2.17. The van der Waals surface area contributed by atoms with Crippen LogP contribution in [0.2, 0.25) is 10.0 Å². The highest BCUT2D eigenvalue weighted by Crippen LogP contribution is 2.36. The fourth-order valence-corrected chi connectivity index (χ4v) is 1.68. The first kappa shape index (κ1) is 14.7. The van der Waals surface area contributed by atoms with Crippen LogP contribution in [0.15, 0.2) is 12.1 Å². The van der Waals surface area contributed by atoms with Crippen molar-refractivity contribution in [3.63, 3.8) is 0 Å². The molecule has 1 aromatic rings. The molecule has 0 unspecified atom stereocenters. The van der Waals surface area contributed by atoms with Crippen molar-refractivity contribution in [1.29, 1.82) is 0 Å². The lowest BCUT2D eigenvalue weighted by atomic mass is 10.1. The van der Waals surface area contributed by atoms with Crippen LogP contribution >= 0.6 is 23.2 Å². The lowest BCUT2D eigenvalue weighted by Gasteiger charge is -2.10. The number of Topliss-reactive ketones (excluding diaryl/α,β-unsaturated/α-hetero) is 1. The third-order valence-electron chi connectivity index (χ3n) is 2.20. The Morgan fingerprint density at radius 2 is 1.89 bits per heavy atom. The minimum atomic E-state index is -0.610. The SMILES string of the molecule is CC(C)C(=O)COc1c(Cl)cc([N+](=O)[O-])cc1Cl. The molecule has 0 aliphatic carbocycles. The summed E-state index contributed by atoms with van der Waals surface area (Å²) in [7, 11) is 0. The molecule has 0 saturated heterocycles. The van der Waals surface area contributed by atoms with Crippen LogP contribution in [0.4, 0.5) is 5.69 Å². The molecule has 7 heteroatoms. The minimum absolute atomic E-state index is 0.00533. The zero-order chi connectivity index (χ0) is 13.9. The molecule has 0 aliphatic rings. The molecular formula is C11H11Cl2NO4. The summed E-state index contributed by atoms with van der Waals surface area (Å²) in [6.07, 6.45) is 0. The third-order valence-corrected chi connectivity index (χ3v) is 2.76. The fraction of sp³-hybridized carbons (Fsp3) is 0.364. The van der Waals surface area contributed by atoms with Crippen molar-refractivity contribution >= 4 is 34.7 Å². The standard InChI is InChI=1S/C11H11Cl2NO4/c1-6(2)10(15)5-18-11-8(12)3-7(14(16)17)4-9(11)13/h3-4,6H,5H2,1-2H3. The maximum absolute atomic E-state index is 11.4. The smallest absolute Gasteiger partial charge is 0.272 e. The van der Waals surface area contributed by atoms with Gasteiger partial charge < -0.3 is 4.74 Å². The first-order chi connectivity index (χ1) is 8.32. The Kier molecular flexibility index (Phi) is 4.93. The van der Waals surface area contributed by atoms with E-state index < -0.39 is 4.92 Å². The van der Waals surface area contributed by atoms with Crippen LogP contribution in [-0.4, -0.2) is 17.3 Å². The second-order valence-corrected chi connectivity index (χ2v) is 4.72. The average molecular weight is 292 g/mol. The van der Waals surface area contributed by atoms with Crippen molar-refractivity contribution in [1.82, 2.24) is 0 Å². The van der Waals surface area contributed by atoms with E-state index in [4.69, 9.17) is 27.9 Å². The Bertz CT molecular complexity index is 465. The van der Waals surface area contributed by atoms with Crippen LogP contribution in [0.1, 0.15) is 13.8 Å². The van der Waals surface area contributed by atoms with Crippen LogP contribution < -0.4 is 4.74 Å². The molecule has 18 heavy (non-hydrogen) atoms. The molecule has 0 aliphatic heterocycles. The Balaban J connectivity index is 2.91. The zero-order valence-electron chi connectivity index (χ0n) is 9.78. The summed E-state index contributed by atoms with van der Waals surface area (Å²) in [5.41, 5.74) is -0.229. The number of carbonyl (C=O) groups is 1. The number of nitro groups is 1. The van der Waals surface area contributed by atoms with Gasteiger partial charge in [-0.3, -0.25) is 14.9 Å². The Hall–Kier alpha value is -1.33. The van der Waals surface area contributed by atoms with E-state index >= 15 is 0 Å². The second kappa shape index (κ2) is 6.02. The van der Waals surface area contributed by atoms with Crippen LogP contribution in [0.3, 0.4) is 0 Å². The fourth-order valence-electron chi connectivity index (χ4n) is 1.10. The molecular weight excluding hydrogens is 281 g/mol. The Morgan fingerprint density at radius 3 is 2.28 bits per heavy atom. The number of hydrogen-bond acceptors (Lipinski definition) is 4. The number of nitrogens with zero attached hydrogens (tertiary/aromatic N) is 1. The Morgan fingerprint density at radius 1 is 1.39 bits per heavy atom. The van der Waals surface area contributed by atoms with Crippen molar-refractivity contribution < 1.29 is 14.5 Å². The van der Waals surface area contributed by atoms with Gasteiger partial charge in [-0.2, -0.15) is 0 Å². The zero-order valence-corrected chi connectivity index (χ0v) is 11.3. The summed E-state index contributed by atoms with van der Waals surface area (Å²) in [6.45, 7) is 3.31. The molecule has 0 saturated carbocycles. The third kappa shape index (κ3) is 3.58. The van der Waals surface area contributed by atoms with Crippen molar-refractivity contribution in [2.75, 3.05) is 6.61 Å². The molecule has 0 radical (unpaired) electrons. The van der Waals surface area contributed by atoms with Gasteiger partial charge in [0.25, 0.3) is 5.69 Å². The van der Waals surface area contributed by atoms with E-state index in [-0.39, 0.29) is 39.8 Å². The number of hydrogen-bond donors (Lipinski definition) is 0. The van der Waals surface area contributed by atoms with E-state index in [0.717, 1.165) is 12.1 Å². The average Bonchev–Trinajstić information content (AvgIpc) is 2.26. The van der Waals surface area contributed by atoms with Crippen LogP contribution in [-0.2, 0) is 4.79 Å². The minimum Gasteiger partial charge on any atom is -0.483 e. The predicted molar refractivity (Wildman–Crippen MR) is 68.5 cm³/mol. The number of rotatable bonds is 5. The lowest BCUT2D eigenvalue weighted by Crippen LogP contribution is -2.17. The van der Waals surface area contributed by atoms with Crippen molar-refractivity contribution in [3.8, 4) is 5.75 Å². The van der Waals surface area contributed by atoms with Crippen LogP contribution in [0, 0.1) is 16.0 Å². The van der Waals surface area contributed by atoms with Crippen molar-refractivity contribution in [3.05, 3.63) is 32.3 Å². The molecule has 5 nitrogen and oxygen atoms in total. The summed E-state index contributed by atoms with van der Waals surface area (Å²) < 4.78 is 5.19. The summed E-state index contributed by atoms with van der Waals surface area (Å²) in [4.78, 5) is 21.3. The summed E-state index contributed by atoms with van der Waals surface area (Å²) in [5.74, 6) is -0.195. The van der Waals surface area contributed by atoms with Gasteiger partial charge in [-0.15, -0.1) is 0 Å². The molecule has 0 N–H and O–H groups in total. The van der Waals surface area contributed by atoms with Gasteiger partial charge in [0.15, 0.2) is 11.5 Å². The Labute approximate surface area is 114 Å². The number of nitro benzene ring substituents is 1. The van der Waals surface area contributed by atoms with Gasteiger partial charge in [-0.1, -0.05) is 37.0 Å².